The summed E-state index contributed by atoms with van der Waals surface area (Å²) in [6.07, 6.45) is 0. The van der Waals surface area contributed by atoms with Gasteiger partial charge in [-0.3, -0.25) is 0 Å². The number of benzene rings is 1. The summed E-state index contributed by atoms with van der Waals surface area (Å²) in [7, 11) is 0. The van der Waals surface area contributed by atoms with Gasteiger partial charge < -0.3 is 10.1 Å². The monoisotopic (exact) mass is 253 g/mol. The molecule has 0 heterocycles. The second-order valence-electron chi connectivity index (χ2n) is 5.00. The van der Waals surface area contributed by atoms with Crippen molar-refractivity contribution in [3.05, 3.63) is 29.8 Å². The normalized spacial score (nSPS) is 11.8. The van der Waals surface area contributed by atoms with E-state index in [1.807, 2.05) is 6.92 Å². The Labute approximate surface area is 109 Å². The van der Waals surface area contributed by atoms with Gasteiger partial charge in [-0.05, 0) is 45.4 Å². The third-order valence-electron chi connectivity index (χ3n) is 2.26. The van der Waals surface area contributed by atoms with Gasteiger partial charge in [0.05, 0.1) is 5.94 Å². The molecule has 0 saturated heterocycles. The Kier molecular flexibility index (Phi) is 6.03. The van der Waals surface area contributed by atoms with Crippen LogP contribution in [0, 0.1) is 0 Å². The van der Waals surface area contributed by atoms with Crippen molar-refractivity contribution in [1.29, 1.82) is 0 Å². The Balaban J connectivity index is 2.39. The van der Waals surface area contributed by atoms with Crippen LogP contribution in [0.5, 0.6) is 0 Å². The highest BCUT2D eigenvalue weighted by Crippen LogP contribution is 2.18. The van der Waals surface area contributed by atoms with Crippen molar-refractivity contribution in [2.24, 2.45) is 0 Å². The molecule has 1 aromatic rings. The minimum Gasteiger partial charge on any atom is -0.371 e. The van der Waals surface area contributed by atoms with Gasteiger partial charge >= 0.3 is 0 Å². The van der Waals surface area contributed by atoms with Crippen molar-refractivity contribution >= 4 is 11.8 Å². The maximum Gasteiger partial charge on any atom is 0.0966 e. The van der Waals surface area contributed by atoms with E-state index in [4.69, 9.17) is 4.74 Å². The summed E-state index contributed by atoms with van der Waals surface area (Å²) in [5.41, 5.74) is 1.49. The predicted molar refractivity (Wildman–Crippen MR) is 75.4 cm³/mol. The van der Waals surface area contributed by atoms with Crippen molar-refractivity contribution in [3.8, 4) is 0 Å². The van der Waals surface area contributed by atoms with Crippen LogP contribution in [0.25, 0.3) is 0 Å². The minimum absolute atomic E-state index is 0.169. The molecule has 0 aliphatic heterocycles. The molecule has 1 aromatic carbocycles. The molecule has 0 unspecified atom stereocenters. The van der Waals surface area contributed by atoms with Gasteiger partial charge in [-0.1, -0.05) is 23.9 Å². The Morgan fingerprint density at radius 2 is 1.82 bits per heavy atom. The fourth-order valence-corrected chi connectivity index (χ4v) is 1.98. The van der Waals surface area contributed by atoms with Crippen LogP contribution in [0.4, 0.5) is 0 Å². The first-order valence-corrected chi connectivity index (χ1v) is 7.04. The summed E-state index contributed by atoms with van der Waals surface area (Å²) < 4.78 is 5.31. The van der Waals surface area contributed by atoms with Crippen LogP contribution < -0.4 is 5.32 Å². The molecular formula is C14H23NOS. The van der Waals surface area contributed by atoms with Gasteiger partial charge in [0.2, 0.25) is 0 Å². The number of rotatable bonds is 6. The Morgan fingerprint density at radius 3 is 2.35 bits per heavy atom. The Morgan fingerprint density at radius 1 is 1.18 bits per heavy atom. The first-order chi connectivity index (χ1) is 8.01. The summed E-state index contributed by atoms with van der Waals surface area (Å²) in [5, 5.41) is 3.48. The molecule has 0 aliphatic carbocycles. The first-order valence-electron chi connectivity index (χ1n) is 6.06. The van der Waals surface area contributed by atoms with E-state index in [1.165, 1.54) is 10.5 Å². The van der Waals surface area contributed by atoms with Crippen LogP contribution in [0.1, 0.15) is 33.3 Å². The number of ether oxygens (including phenoxy) is 1. The van der Waals surface area contributed by atoms with Gasteiger partial charge in [-0.2, -0.15) is 0 Å². The Hall–Kier alpha value is -0.510. The van der Waals surface area contributed by atoms with Gasteiger partial charge in [0.25, 0.3) is 0 Å². The Bertz CT molecular complexity index is 316. The molecule has 0 spiro atoms. The third kappa shape index (κ3) is 6.71. The summed E-state index contributed by atoms with van der Waals surface area (Å²) in [4.78, 5) is 1.26. The highest BCUT2D eigenvalue weighted by atomic mass is 32.2. The molecule has 17 heavy (non-hydrogen) atoms. The van der Waals surface area contributed by atoms with E-state index >= 15 is 0 Å². The average molecular weight is 253 g/mol. The summed E-state index contributed by atoms with van der Waals surface area (Å²) in [6, 6.07) is 8.66. The zero-order valence-corrected chi connectivity index (χ0v) is 12.1. The zero-order valence-electron chi connectivity index (χ0n) is 11.2. The second kappa shape index (κ2) is 7.04. The lowest BCUT2D eigenvalue weighted by molar-refractivity contribution is 0.199. The van der Waals surface area contributed by atoms with Crippen LogP contribution in [-0.4, -0.2) is 18.1 Å². The maximum atomic E-state index is 5.31. The highest BCUT2D eigenvalue weighted by Gasteiger charge is 2.07. The van der Waals surface area contributed by atoms with Crippen molar-refractivity contribution in [2.45, 2.75) is 44.7 Å². The fourth-order valence-electron chi connectivity index (χ4n) is 1.26. The molecular weight excluding hydrogens is 230 g/mol. The predicted octanol–water partition coefficient (Wildman–Crippen LogP) is 3.66. The summed E-state index contributed by atoms with van der Waals surface area (Å²) >= 11 is 1.73. The maximum absolute atomic E-state index is 5.31. The van der Waals surface area contributed by atoms with E-state index in [9.17, 15) is 0 Å². The molecule has 0 radical (unpaired) electrons. The highest BCUT2D eigenvalue weighted by molar-refractivity contribution is 7.99. The number of hydrogen-bond acceptors (Lipinski definition) is 3. The van der Waals surface area contributed by atoms with Crippen molar-refractivity contribution in [2.75, 3.05) is 12.5 Å². The molecule has 1 N–H and O–H groups in total. The van der Waals surface area contributed by atoms with Crippen molar-refractivity contribution < 1.29 is 4.74 Å². The molecule has 0 bridgehead atoms. The standard InChI is InChI=1S/C14H23NOS/c1-5-16-11-17-13-8-6-12(7-9-13)10-15-14(2,3)4/h6-9,15H,5,10-11H2,1-4H3. The van der Waals surface area contributed by atoms with E-state index < -0.39 is 0 Å². The molecule has 1 rings (SSSR count). The first kappa shape index (κ1) is 14.6. The largest absolute Gasteiger partial charge is 0.371 e. The van der Waals surface area contributed by atoms with Crippen LogP contribution in [0.2, 0.25) is 0 Å². The van der Waals surface area contributed by atoms with Gasteiger partial charge in [0.1, 0.15) is 0 Å². The van der Waals surface area contributed by atoms with Crippen LogP contribution in [-0.2, 0) is 11.3 Å². The van der Waals surface area contributed by atoms with E-state index in [-0.39, 0.29) is 5.54 Å². The van der Waals surface area contributed by atoms with E-state index in [2.05, 4.69) is 50.4 Å². The molecule has 3 heteroatoms. The van der Waals surface area contributed by atoms with Gasteiger partial charge in [0.15, 0.2) is 0 Å². The van der Waals surface area contributed by atoms with E-state index in [0.717, 1.165) is 19.1 Å². The molecule has 0 aromatic heterocycles. The lowest BCUT2D eigenvalue weighted by Gasteiger charge is -2.20. The van der Waals surface area contributed by atoms with Crippen LogP contribution >= 0.6 is 11.8 Å². The SMILES string of the molecule is CCOCSc1ccc(CNC(C)(C)C)cc1. The third-order valence-corrected chi connectivity index (χ3v) is 3.15. The number of nitrogens with one attached hydrogen (secondary N) is 1. The van der Waals surface area contributed by atoms with Gasteiger partial charge in [-0.15, -0.1) is 0 Å². The summed E-state index contributed by atoms with van der Waals surface area (Å²) in [6.45, 7) is 10.3. The minimum atomic E-state index is 0.169. The lowest BCUT2D eigenvalue weighted by atomic mass is 10.1. The molecule has 0 atom stereocenters. The van der Waals surface area contributed by atoms with Crippen LogP contribution in [0.3, 0.4) is 0 Å². The molecule has 0 saturated carbocycles. The second-order valence-corrected chi connectivity index (χ2v) is 6.00. The summed E-state index contributed by atoms with van der Waals surface area (Å²) in [5.74, 6) is 0.732. The van der Waals surface area contributed by atoms with Gasteiger partial charge in [-0.25, -0.2) is 0 Å². The van der Waals surface area contributed by atoms with E-state index in [0.29, 0.717) is 0 Å². The molecule has 0 amide bonds. The van der Waals surface area contributed by atoms with Gasteiger partial charge in [0, 0.05) is 23.6 Å². The van der Waals surface area contributed by atoms with Crippen LogP contribution in [0.15, 0.2) is 29.2 Å². The van der Waals surface area contributed by atoms with E-state index in [1.54, 1.807) is 11.8 Å². The molecule has 2 nitrogen and oxygen atoms in total. The lowest BCUT2D eigenvalue weighted by Crippen LogP contribution is -2.35. The van der Waals surface area contributed by atoms with Crippen molar-refractivity contribution in [3.63, 3.8) is 0 Å². The zero-order chi connectivity index (χ0) is 12.7. The quantitative estimate of drug-likeness (QED) is 0.475. The fraction of sp³-hybridized carbons (Fsp3) is 0.571. The molecule has 0 fully saturated rings. The number of hydrogen-bond donors (Lipinski definition) is 1. The average Bonchev–Trinajstić information content (AvgIpc) is 2.27. The molecule has 0 aliphatic rings. The molecule has 96 valence electrons. The number of thioether (sulfide) groups is 1. The topological polar surface area (TPSA) is 21.3 Å². The van der Waals surface area contributed by atoms with Crippen molar-refractivity contribution in [1.82, 2.24) is 5.32 Å². The smallest absolute Gasteiger partial charge is 0.0966 e.